The molecule has 2 aromatic rings. The smallest absolute Gasteiger partial charge is 0.230 e. The topological polar surface area (TPSA) is 56.8 Å². The fraction of sp³-hybridized carbons (Fsp3) is 0.278. The molecule has 2 rings (SSSR count). The summed E-state index contributed by atoms with van der Waals surface area (Å²) in [6, 6.07) is 13.2. The van der Waals surface area contributed by atoms with Crippen molar-refractivity contribution < 1.29 is 19.0 Å². The molecule has 0 aliphatic heterocycles. The van der Waals surface area contributed by atoms with Gasteiger partial charge >= 0.3 is 0 Å². The van der Waals surface area contributed by atoms with E-state index < -0.39 is 0 Å². The lowest BCUT2D eigenvalue weighted by atomic mass is 10.2. The fourth-order valence-electron chi connectivity index (χ4n) is 2.05. The van der Waals surface area contributed by atoms with Crippen LogP contribution in [-0.4, -0.2) is 33.0 Å². The van der Waals surface area contributed by atoms with E-state index in [1.165, 1.54) is 11.8 Å². The first-order valence-electron chi connectivity index (χ1n) is 7.40. The molecule has 0 radical (unpaired) electrons. The largest absolute Gasteiger partial charge is 0.497 e. The van der Waals surface area contributed by atoms with Crippen molar-refractivity contribution >= 4 is 17.7 Å². The van der Waals surface area contributed by atoms with Gasteiger partial charge in [0.25, 0.3) is 0 Å². The summed E-state index contributed by atoms with van der Waals surface area (Å²) in [5.74, 6) is 2.44. The average molecular weight is 347 g/mol. The molecule has 0 spiro atoms. The van der Waals surface area contributed by atoms with E-state index in [0.717, 1.165) is 16.2 Å². The van der Waals surface area contributed by atoms with Gasteiger partial charge in [-0.1, -0.05) is 12.1 Å². The van der Waals surface area contributed by atoms with Crippen LogP contribution in [0.4, 0.5) is 0 Å². The van der Waals surface area contributed by atoms with Crippen LogP contribution in [0.2, 0.25) is 0 Å². The van der Waals surface area contributed by atoms with Gasteiger partial charge in [0.2, 0.25) is 5.91 Å². The van der Waals surface area contributed by atoms with Crippen molar-refractivity contribution in [1.29, 1.82) is 0 Å². The molecule has 0 bridgehead atoms. The Balaban J connectivity index is 1.82. The summed E-state index contributed by atoms with van der Waals surface area (Å²) in [4.78, 5) is 12.9. The molecule has 0 unspecified atom stereocenters. The van der Waals surface area contributed by atoms with Gasteiger partial charge in [-0.05, 0) is 35.9 Å². The Bertz CT molecular complexity index is 673. The molecule has 0 aliphatic carbocycles. The zero-order valence-corrected chi connectivity index (χ0v) is 14.8. The van der Waals surface area contributed by atoms with E-state index in [9.17, 15) is 4.79 Å². The van der Waals surface area contributed by atoms with Gasteiger partial charge in [-0.2, -0.15) is 0 Å². The summed E-state index contributed by atoms with van der Waals surface area (Å²) in [7, 11) is 4.81. The van der Waals surface area contributed by atoms with Gasteiger partial charge in [0.1, 0.15) is 5.75 Å². The van der Waals surface area contributed by atoms with Gasteiger partial charge in [-0.15, -0.1) is 11.8 Å². The number of carbonyl (C=O) groups is 1. The molecular formula is C18H21NO4S. The van der Waals surface area contributed by atoms with Crippen LogP contribution < -0.4 is 19.5 Å². The number of methoxy groups -OCH3 is 3. The first-order chi connectivity index (χ1) is 11.7. The normalized spacial score (nSPS) is 10.1. The molecule has 0 aromatic heterocycles. The molecule has 6 heteroatoms. The van der Waals surface area contributed by atoms with Gasteiger partial charge < -0.3 is 19.5 Å². The Labute approximate surface area is 146 Å². The van der Waals surface area contributed by atoms with Crippen molar-refractivity contribution in [3.05, 3.63) is 48.0 Å². The van der Waals surface area contributed by atoms with Crippen LogP contribution in [0, 0.1) is 0 Å². The van der Waals surface area contributed by atoms with Crippen LogP contribution in [0.15, 0.2) is 47.4 Å². The van der Waals surface area contributed by atoms with Gasteiger partial charge in [-0.25, -0.2) is 0 Å². The molecule has 128 valence electrons. The van der Waals surface area contributed by atoms with Crippen LogP contribution in [0.5, 0.6) is 17.2 Å². The first-order valence-corrected chi connectivity index (χ1v) is 8.39. The Kier molecular flexibility index (Phi) is 6.81. The maximum Gasteiger partial charge on any atom is 0.230 e. The van der Waals surface area contributed by atoms with Gasteiger partial charge in [0.05, 0.1) is 27.1 Å². The second kappa shape index (κ2) is 9.08. The van der Waals surface area contributed by atoms with E-state index in [-0.39, 0.29) is 5.91 Å². The number of hydrogen-bond acceptors (Lipinski definition) is 5. The Morgan fingerprint density at radius 1 is 0.958 bits per heavy atom. The monoisotopic (exact) mass is 347 g/mol. The standard InChI is InChI=1S/C18H21NO4S/c1-21-14-6-4-13(5-7-14)11-19-18(20)12-24-15-8-9-16(22-2)17(10-15)23-3/h4-10H,11-12H2,1-3H3,(H,19,20). The van der Waals surface area contributed by atoms with Gasteiger partial charge in [-0.3, -0.25) is 4.79 Å². The number of carbonyl (C=O) groups excluding carboxylic acids is 1. The van der Waals surface area contributed by atoms with E-state index in [1.54, 1.807) is 21.3 Å². The minimum Gasteiger partial charge on any atom is -0.497 e. The quantitative estimate of drug-likeness (QED) is 0.744. The van der Waals surface area contributed by atoms with Crippen LogP contribution in [0.3, 0.4) is 0 Å². The van der Waals surface area contributed by atoms with Crippen LogP contribution >= 0.6 is 11.8 Å². The molecule has 0 aliphatic rings. The summed E-state index contributed by atoms with van der Waals surface area (Å²) >= 11 is 1.45. The lowest BCUT2D eigenvalue weighted by Gasteiger charge is -2.09. The maximum absolute atomic E-state index is 12.0. The molecule has 1 N–H and O–H groups in total. The van der Waals surface area contributed by atoms with Crippen LogP contribution in [-0.2, 0) is 11.3 Å². The number of benzene rings is 2. The predicted molar refractivity (Wildman–Crippen MR) is 95.1 cm³/mol. The Morgan fingerprint density at radius 3 is 2.29 bits per heavy atom. The maximum atomic E-state index is 12.0. The highest BCUT2D eigenvalue weighted by Gasteiger charge is 2.07. The molecular weight excluding hydrogens is 326 g/mol. The van der Waals surface area contributed by atoms with Crippen molar-refractivity contribution in [2.24, 2.45) is 0 Å². The van der Waals surface area contributed by atoms with Crippen molar-refractivity contribution in [3.8, 4) is 17.2 Å². The molecule has 0 saturated heterocycles. The third-order valence-corrected chi connectivity index (χ3v) is 4.37. The number of ether oxygens (including phenoxy) is 3. The molecule has 0 atom stereocenters. The van der Waals surface area contributed by atoms with E-state index >= 15 is 0 Å². The average Bonchev–Trinajstić information content (AvgIpc) is 2.64. The van der Waals surface area contributed by atoms with Crippen molar-refractivity contribution in [2.45, 2.75) is 11.4 Å². The minimum atomic E-state index is -0.0226. The number of hydrogen-bond donors (Lipinski definition) is 1. The molecule has 0 heterocycles. The van der Waals surface area contributed by atoms with E-state index in [2.05, 4.69) is 5.32 Å². The third-order valence-electron chi connectivity index (χ3n) is 3.37. The Hall–Kier alpha value is -2.34. The third kappa shape index (κ3) is 5.09. The molecule has 0 fully saturated rings. The second-order valence-electron chi connectivity index (χ2n) is 4.93. The fourth-order valence-corrected chi connectivity index (χ4v) is 2.80. The Morgan fingerprint density at radius 2 is 1.67 bits per heavy atom. The van der Waals surface area contributed by atoms with Crippen LogP contribution in [0.1, 0.15) is 5.56 Å². The molecule has 0 saturated carbocycles. The highest BCUT2D eigenvalue weighted by Crippen LogP contribution is 2.31. The summed E-state index contributed by atoms with van der Waals surface area (Å²) in [6.07, 6.45) is 0. The molecule has 5 nitrogen and oxygen atoms in total. The summed E-state index contributed by atoms with van der Waals surface area (Å²) in [5, 5.41) is 2.90. The SMILES string of the molecule is COc1ccc(CNC(=O)CSc2ccc(OC)c(OC)c2)cc1. The lowest BCUT2D eigenvalue weighted by Crippen LogP contribution is -2.24. The van der Waals surface area contributed by atoms with Gasteiger partial charge in [0.15, 0.2) is 11.5 Å². The summed E-state index contributed by atoms with van der Waals surface area (Å²) in [6.45, 7) is 0.495. The number of nitrogens with one attached hydrogen (secondary N) is 1. The zero-order chi connectivity index (χ0) is 17.4. The lowest BCUT2D eigenvalue weighted by molar-refractivity contribution is -0.118. The summed E-state index contributed by atoms with van der Waals surface area (Å²) in [5.41, 5.74) is 1.03. The minimum absolute atomic E-state index is 0.0226. The molecule has 1 amide bonds. The van der Waals surface area contributed by atoms with Crippen molar-refractivity contribution in [1.82, 2.24) is 5.32 Å². The van der Waals surface area contributed by atoms with E-state index in [4.69, 9.17) is 14.2 Å². The van der Waals surface area contributed by atoms with E-state index in [1.807, 2.05) is 42.5 Å². The number of rotatable bonds is 8. The number of amides is 1. The highest BCUT2D eigenvalue weighted by atomic mass is 32.2. The van der Waals surface area contributed by atoms with Crippen molar-refractivity contribution in [3.63, 3.8) is 0 Å². The van der Waals surface area contributed by atoms with Crippen LogP contribution in [0.25, 0.3) is 0 Å². The predicted octanol–water partition coefficient (Wildman–Crippen LogP) is 3.12. The van der Waals surface area contributed by atoms with Crippen molar-refractivity contribution in [2.75, 3.05) is 27.1 Å². The first kappa shape index (κ1) is 18.0. The zero-order valence-electron chi connectivity index (χ0n) is 14.0. The van der Waals surface area contributed by atoms with Gasteiger partial charge in [0, 0.05) is 11.4 Å². The molecule has 2 aromatic carbocycles. The number of thioether (sulfide) groups is 1. The molecule has 24 heavy (non-hydrogen) atoms. The second-order valence-corrected chi connectivity index (χ2v) is 5.98. The highest BCUT2D eigenvalue weighted by molar-refractivity contribution is 8.00. The summed E-state index contributed by atoms with van der Waals surface area (Å²) < 4.78 is 15.6. The van der Waals surface area contributed by atoms with E-state index in [0.29, 0.717) is 23.8 Å².